The molecule has 0 unspecified atom stereocenters. The zero-order valence-corrected chi connectivity index (χ0v) is 19.6. The van der Waals surface area contributed by atoms with Crippen LogP contribution in [-0.4, -0.2) is 10.9 Å². The number of ether oxygens (including phenoxy) is 1. The molecule has 2 aromatic heterocycles. The monoisotopic (exact) mass is 488 g/mol. The minimum Gasteiger partial charge on any atom is -0.457 e. The van der Waals surface area contributed by atoms with Crippen molar-refractivity contribution in [3.8, 4) is 32.6 Å². The number of rotatable bonds is 6. The number of hydrogen-bond donors (Lipinski definition) is 1. The molecule has 0 radical (unpaired) electrons. The highest BCUT2D eigenvalue weighted by Gasteiger charge is 2.18. The number of benzene rings is 3. The maximum atomic E-state index is 12.8. The normalized spacial score (nSPS) is 10.7. The molecule has 0 saturated carbocycles. The molecule has 0 bridgehead atoms. The number of halogens is 1. The van der Waals surface area contributed by atoms with Crippen LogP contribution in [0.4, 0.5) is 5.00 Å². The molecule has 0 atom stereocenters. The van der Waals surface area contributed by atoms with Gasteiger partial charge in [0.2, 0.25) is 0 Å². The number of amides is 1. The van der Waals surface area contributed by atoms with Crippen LogP contribution >= 0.6 is 34.3 Å². The van der Waals surface area contributed by atoms with Gasteiger partial charge in [0, 0.05) is 16.1 Å². The van der Waals surface area contributed by atoms with Gasteiger partial charge in [-0.05, 0) is 72.1 Å². The number of anilines is 1. The van der Waals surface area contributed by atoms with Crippen LogP contribution < -0.4 is 10.1 Å². The Morgan fingerprint density at radius 2 is 1.55 bits per heavy atom. The van der Waals surface area contributed by atoms with E-state index in [0.717, 1.165) is 26.1 Å². The fourth-order valence-electron chi connectivity index (χ4n) is 3.18. The van der Waals surface area contributed by atoms with Crippen molar-refractivity contribution < 1.29 is 9.53 Å². The summed E-state index contributed by atoms with van der Waals surface area (Å²) < 4.78 is 5.88. The maximum absolute atomic E-state index is 12.8. The van der Waals surface area contributed by atoms with E-state index in [1.165, 1.54) is 11.3 Å². The molecule has 5 aromatic rings. The van der Waals surface area contributed by atoms with Crippen LogP contribution in [0.2, 0.25) is 5.02 Å². The SMILES string of the molecule is O=C(Nc1sc(-c2ccc(Oc3ccc(Cl)cc3)cc2)nc1-c1cccs1)c1ccccc1. The van der Waals surface area contributed by atoms with Crippen LogP contribution in [0.3, 0.4) is 0 Å². The van der Waals surface area contributed by atoms with Crippen LogP contribution in [0.1, 0.15) is 10.4 Å². The first-order valence-electron chi connectivity index (χ1n) is 10.1. The molecule has 2 heterocycles. The second-order valence-electron chi connectivity index (χ2n) is 7.07. The van der Waals surface area contributed by atoms with Crippen LogP contribution in [0.5, 0.6) is 11.5 Å². The molecule has 0 aliphatic heterocycles. The lowest BCUT2D eigenvalue weighted by Gasteiger charge is -2.06. The Hall–Kier alpha value is -3.45. The van der Waals surface area contributed by atoms with E-state index in [1.54, 1.807) is 35.6 Å². The Kier molecular flexibility index (Phi) is 6.21. The Morgan fingerprint density at radius 1 is 0.848 bits per heavy atom. The van der Waals surface area contributed by atoms with Gasteiger partial charge in [-0.15, -0.1) is 11.3 Å². The predicted octanol–water partition coefficient (Wildman–Crippen LogP) is 8.24. The second kappa shape index (κ2) is 9.58. The summed E-state index contributed by atoms with van der Waals surface area (Å²) in [6.45, 7) is 0. The Morgan fingerprint density at radius 3 is 2.21 bits per heavy atom. The van der Waals surface area contributed by atoms with E-state index in [-0.39, 0.29) is 5.91 Å². The first-order chi connectivity index (χ1) is 16.2. The average Bonchev–Trinajstić information content (AvgIpc) is 3.52. The van der Waals surface area contributed by atoms with E-state index in [0.29, 0.717) is 22.1 Å². The molecule has 162 valence electrons. The summed E-state index contributed by atoms with van der Waals surface area (Å²) in [6, 6.07) is 28.1. The van der Waals surface area contributed by atoms with Gasteiger partial charge in [-0.3, -0.25) is 4.79 Å². The number of nitrogens with one attached hydrogen (secondary N) is 1. The molecule has 1 amide bonds. The summed E-state index contributed by atoms with van der Waals surface area (Å²) in [5.74, 6) is 1.27. The fraction of sp³-hybridized carbons (Fsp3) is 0. The first-order valence-corrected chi connectivity index (χ1v) is 12.2. The molecule has 33 heavy (non-hydrogen) atoms. The fourth-order valence-corrected chi connectivity index (χ4v) is 5.07. The molecular formula is C26H17ClN2O2S2. The van der Waals surface area contributed by atoms with Gasteiger partial charge in [0.25, 0.3) is 5.91 Å². The van der Waals surface area contributed by atoms with Crippen LogP contribution in [-0.2, 0) is 0 Å². The highest BCUT2D eigenvalue weighted by atomic mass is 35.5. The van der Waals surface area contributed by atoms with Gasteiger partial charge in [0.05, 0.1) is 4.88 Å². The van der Waals surface area contributed by atoms with Crippen molar-refractivity contribution >= 4 is 45.2 Å². The number of aromatic nitrogens is 1. The number of thiazole rings is 1. The van der Waals surface area contributed by atoms with Crippen LogP contribution in [0, 0.1) is 0 Å². The van der Waals surface area contributed by atoms with E-state index < -0.39 is 0 Å². The average molecular weight is 489 g/mol. The van der Waals surface area contributed by atoms with E-state index in [9.17, 15) is 4.79 Å². The van der Waals surface area contributed by atoms with Gasteiger partial charge >= 0.3 is 0 Å². The molecule has 1 N–H and O–H groups in total. The minimum atomic E-state index is -0.157. The zero-order chi connectivity index (χ0) is 22.6. The van der Waals surface area contributed by atoms with Gasteiger partial charge < -0.3 is 10.1 Å². The lowest BCUT2D eigenvalue weighted by molar-refractivity contribution is 0.102. The van der Waals surface area contributed by atoms with Crippen LogP contribution in [0.25, 0.3) is 21.1 Å². The Bertz CT molecular complexity index is 1360. The largest absolute Gasteiger partial charge is 0.457 e. The van der Waals surface area contributed by atoms with Crippen molar-refractivity contribution in [3.63, 3.8) is 0 Å². The summed E-state index contributed by atoms with van der Waals surface area (Å²) in [7, 11) is 0. The number of nitrogens with zero attached hydrogens (tertiary/aromatic N) is 1. The van der Waals surface area contributed by atoms with E-state index in [2.05, 4.69) is 5.32 Å². The standard InChI is InChI=1S/C26H17ClN2O2S2/c27-19-10-14-21(15-11-19)31-20-12-8-18(9-13-20)25-28-23(22-7-4-16-32-22)26(33-25)29-24(30)17-5-2-1-3-6-17/h1-16H,(H,29,30). The van der Waals surface area contributed by atoms with Crippen LogP contribution in [0.15, 0.2) is 96.4 Å². The van der Waals surface area contributed by atoms with Gasteiger partial charge in [-0.2, -0.15) is 0 Å². The quantitative estimate of drug-likeness (QED) is 0.262. The summed E-state index contributed by atoms with van der Waals surface area (Å²) in [5.41, 5.74) is 2.32. The summed E-state index contributed by atoms with van der Waals surface area (Å²) in [6.07, 6.45) is 0. The van der Waals surface area contributed by atoms with Crippen molar-refractivity contribution in [1.29, 1.82) is 0 Å². The third kappa shape index (κ3) is 4.98. The molecule has 0 aliphatic rings. The number of carbonyl (C=O) groups excluding carboxylic acids is 1. The van der Waals surface area contributed by atoms with Gasteiger partial charge in [-0.1, -0.05) is 47.2 Å². The topological polar surface area (TPSA) is 51.2 Å². The second-order valence-corrected chi connectivity index (χ2v) is 9.46. The molecule has 0 spiro atoms. The van der Waals surface area contributed by atoms with Gasteiger partial charge in [-0.25, -0.2) is 4.98 Å². The highest BCUT2D eigenvalue weighted by Crippen LogP contribution is 2.40. The lowest BCUT2D eigenvalue weighted by Crippen LogP contribution is -2.11. The smallest absolute Gasteiger partial charge is 0.256 e. The molecule has 0 saturated heterocycles. The molecule has 3 aromatic carbocycles. The predicted molar refractivity (Wildman–Crippen MR) is 137 cm³/mol. The first kappa shape index (κ1) is 21.4. The summed E-state index contributed by atoms with van der Waals surface area (Å²) >= 11 is 8.98. The maximum Gasteiger partial charge on any atom is 0.256 e. The van der Waals surface area contributed by atoms with Crippen molar-refractivity contribution in [1.82, 2.24) is 4.98 Å². The molecule has 7 heteroatoms. The van der Waals surface area contributed by atoms with Crippen molar-refractivity contribution in [3.05, 3.63) is 107 Å². The highest BCUT2D eigenvalue weighted by molar-refractivity contribution is 7.20. The Labute approximate surface area is 204 Å². The number of hydrogen-bond acceptors (Lipinski definition) is 5. The van der Waals surface area contributed by atoms with Crippen molar-refractivity contribution in [2.75, 3.05) is 5.32 Å². The summed E-state index contributed by atoms with van der Waals surface area (Å²) in [4.78, 5) is 18.6. The molecular weight excluding hydrogens is 472 g/mol. The molecule has 5 rings (SSSR count). The number of carbonyl (C=O) groups is 1. The third-order valence-corrected chi connectivity index (χ3v) is 6.94. The minimum absolute atomic E-state index is 0.157. The molecule has 4 nitrogen and oxygen atoms in total. The lowest BCUT2D eigenvalue weighted by atomic mass is 10.2. The van der Waals surface area contributed by atoms with E-state index in [1.807, 2.05) is 72.1 Å². The summed E-state index contributed by atoms with van der Waals surface area (Å²) in [5, 5.41) is 7.25. The third-order valence-electron chi connectivity index (χ3n) is 4.80. The van der Waals surface area contributed by atoms with Gasteiger partial charge in [0.15, 0.2) is 0 Å². The van der Waals surface area contributed by atoms with Gasteiger partial charge in [0.1, 0.15) is 27.2 Å². The van der Waals surface area contributed by atoms with Crippen molar-refractivity contribution in [2.24, 2.45) is 0 Å². The van der Waals surface area contributed by atoms with Crippen molar-refractivity contribution in [2.45, 2.75) is 0 Å². The zero-order valence-electron chi connectivity index (χ0n) is 17.2. The molecule has 0 aliphatic carbocycles. The molecule has 0 fully saturated rings. The van der Waals surface area contributed by atoms with E-state index >= 15 is 0 Å². The Balaban J connectivity index is 1.41. The van der Waals surface area contributed by atoms with E-state index in [4.69, 9.17) is 21.3 Å². The number of thiophene rings is 1.